The number of hydrogen-bond acceptors (Lipinski definition) is 2. The molecule has 0 fully saturated rings. The molecule has 0 radical (unpaired) electrons. The van der Waals surface area contributed by atoms with Gasteiger partial charge in [0.05, 0.1) is 0 Å². The quantitative estimate of drug-likeness (QED) is 0.509. The van der Waals surface area contributed by atoms with Crippen molar-refractivity contribution < 1.29 is 4.74 Å². The van der Waals surface area contributed by atoms with Crippen molar-refractivity contribution in [3.63, 3.8) is 0 Å². The van der Waals surface area contributed by atoms with Crippen LogP contribution in [0.4, 0.5) is 0 Å². The van der Waals surface area contributed by atoms with Crippen LogP contribution in [0.2, 0.25) is 0 Å². The third kappa shape index (κ3) is 6.33. The average Bonchev–Trinajstić information content (AvgIpc) is 2.94. The molecular formula is C20H28OS. The Hall–Kier alpha value is -1.12. The van der Waals surface area contributed by atoms with Crippen molar-refractivity contribution in [2.24, 2.45) is 5.92 Å². The van der Waals surface area contributed by atoms with Gasteiger partial charge in [0.1, 0.15) is 0 Å². The summed E-state index contributed by atoms with van der Waals surface area (Å²) in [6, 6.07) is 13.1. The lowest BCUT2D eigenvalue weighted by Gasteiger charge is -2.07. The molecule has 120 valence electrons. The molecule has 0 N–H and O–H groups in total. The first kappa shape index (κ1) is 17.2. The summed E-state index contributed by atoms with van der Waals surface area (Å²) < 4.78 is 5.64. The van der Waals surface area contributed by atoms with Gasteiger partial charge < -0.3 is 4.74 Å². The van der Waals surface area contributed by atoms with Gasteiger partial charge in [-0.2, -0.15) is 0 Å². The van der Waals surface area contributed by atoms with Crippen molar-refractivity contribution in [3.8, 4) is 0 Å². The Morgan fingerprint density at radius 1 is 1.00 bits per heavy atom. The largest absolute Gasteiger partial charge is 0.381 e. The van der Waals surface area contributed by atoms with Crippen LogP contribution >= 0.6 is 11.3 Å². The lowest BCUT2D eigenvalue weighted by molar-refractivity contribution is 0.106. The number of thiophene rings is 1. The highest BCUT2D eigenvalue weighted by Gasteiger charge is 2.05. The third-order valence-corrected chi connectivity index (χ3v) is 4.69. The highest BCUT2D eigenvalue weighted by atomic mass is 32.1. The van der Waals surface area contributed by atoms with E-state index in [4.69, 9.17) is 4.74 Å². The molecule has 2 aromatic rings. The molecule has 22 heavy (non-hydrogen) atoms. The molecular weight excluding hydrogens is 288 g/mol. The van der Waals surface area contributed by atoms with E-state index in [0.717, 1.165) is 19.6 Å². The number of unbranched alkanes of at least 4 members (excludes halogenated alkanes) is 2. The van der Waals surface area contributed by atoms with E-state index < -0.39 is 0 Å². The molecule has 0 spiro atoms. The molecule has 2 rings (SSSR count). The maximum atomic E-state index is 5.64. The minimum absolute atomic E-state index is 0.645. The second-order valence-electron chi connectivity index (χ2n) is 6.31. The van der Waals surface area contributed by atoms with Crippen LogP contribution in [0.1, 0.15) is 49.1 Å². The highest BCUT2D eigenvalue weighted by Crippen LogP contribution is 2.22. The van der Waals surface area contributed by atoms with E-state index in [1.807, 2.05) is 11.3 Å². The Morgan fingerprint density at radius 3 is 2.59 bits per heavy atom. The van der Waals surface area contributed by atoms with Crippen LogP contribution in [-0.4, -0.2) is 13.2 Å². The first-order valence-corrected chi connectivity index (χ1v) is 9.30. The summed E-state index contributed by atoms with van der Waals surface area (Å²) in [7, 11) is 0. The van der Waals surface area contributed by atoms with E-state index in [1.54, 1.807) is 0 Å². The summed E-state index contributed by atoms with van der Waals surface area (Å²) in [6.45, 7) is 6.21. The molecule has 0 bridgehead atoms. The Bertz CT molecular complexity index is 516. The van der Waals surface area contributed by atoms with Gasteiger partial charge in [0.25, 0.3) is 0 Å². The molecule has 0 amide bonds. The van der Waals surface area contributed by atoms with Gasteiger partial charge in [-0.25, -0.2) is 0 Å². The number of benzene rings is 1. The van der Waals surface area contributed by atoms with Crippen LogP contribution in [0, 0.1) is 5.92 Å². The fourth-order valence-electron chi connectivity index (χ4n) is 2.54. The molecule has 1 nitrogen and oxygen atoms in total. The second kappa shape index (κ2) is 9.81. The minimum Gasteiger partial charge on any atom is -0.381 e. The molecule has 1 heterocycles. The molecule has 0 atom stereocenters. The van der Waals surface area contributed by atoms with E-state index in [1.165, 1.54) is 41.7 Å². The lowest BCUT2D eigenvalue weighted by Crippen LogP contribution is -2.03. The van der Waals surface area contributed by atoms with E-state index in [9.17, 15) is 0 Å². The lowest BCUT2D eigenvalue weighted by atomic mass is 10.0. The Balaban J connectivity index is 1.67. The van der Waals surface area contributed by atoms with Gasteiger partial charge >= 0.3 is 0 Å². The number of rotatable bonds is 10. The van der Waals surface area contributed by atoms with Gasteiger partial charge in [0, 0.05) is 24.5 Å². The monoisotopic (exact) mass is 316 g/mol. The van der Waals surface area contributed by atoms with Crippen molar-refractivity contribution in [2.45, 2.75) is 46.0 Å². The van der Waals surface area contributed by atoms with E-state index in [2.05, 4.69) is 55.6 Å². The third-order valence-electron chi connectivity index (χ3n) is 3.73. The van der Waals surface area contributed by atoms with Crippen LogP contribution in [0.25, 0.3) is 0 Å². The minimum atomic E-state index is 0.645. The van der Waals surface area contributed by atoms with Crippen LogP contribution < -0.4 is 0 Å². The van der Waals surface area contributed by atoms with E-state index >= 15 is 0 Å². The standard InChI is InChI=1S/C20H28OS/c1-17(2)16-21-13-8-4-7-11-19-12-14-22-20(19)15-18-9-5-3-6-10-18/h3,5-6,9-10,12,14,17H,4,7-8,11,13,15-16H2,1-2H3. The normalized spacial score (nSPS) is 11.2. The summed E-state index contributed by atoms with van der Waals surface area (Å²) >= 11 is 1.89. The molecule has 0 saturated carbocycles. The zero-order valence-corrected chi connectivity index (χ0v) is 14.7. The summed E-state index contributed by atoms with van der Waals surface area (Å²) in [5, 5.41) is 2.24. The first-order chi connectivity index (χ1) is 10.8. The van der Waals surface area contributed by atoms with Crippen LogP contribution in [0.15, 0.2) is 41.8 Å². The molecule has 1 aromatic heterocycles. The van der Waals surface area contributed by atoms with E-state index in [0.29, 0.717) is 5.92 Å². The van der Waals surface area contributed by atoms with Crippen LogP contribution in [0.3, 0.4) is 0 Å². The van der Waals surface area contributed by atoms with Gasteiger partial charge in [-0.15, -0.1) is 11.3 Å². The van der Waals surface area contributed by atoms with Crippen LogP contribution in [-0.2, 0) is 17.6 Å². The SMILES string of the molecule is CC(C)COCCCCCc1ccsc1Cc1ccccc1. The Morgan fingerprint density at radius 2 is 1.82 bits per heavy atom. The van der Waals surface area contributed by atoms with Crippen molar-refractivity contribution in [3.05, 3.63) is 57.8 Å². The van der Waals surface area contributed by atoms with Crippen LogP contribution in [0.5, 0.6) is 0 Å². The summed E-state index contributed by atoms with van der Waals surface area (Å²) in [5.41, 5.74) is 2.95. The van der Waals surface area contributed by atoms with Gasteiger partial charge in [-0.05, 0) is 47.8 Å². The summed E-state index contributed by atoms with van der Waals surface area (Å²) in [6.07, 6.45) is 5.99. The average molecular weight is 317 g/mol. The van der Waals surface area contributed by atoms with Crippen molar-refractivity contribution >= 4 is 11.3 Å². The van der Waals surface area contributed by atoms with E-state index in [-0.39, 0.29) is 0 Å². The van der Waals surface area contributed by atoms with Gasteiger partial charge in [-0.3, -0.25) is 0 Å². The zero-order chi connectivity index (χ0) is 15.6. The topological polar surface area (TPSA) is 9.23 Å². The van der Waals surface area contributed by atoms with Gasteiger partial charge in [0.15, 0.2) is 0 Å². The highest BCUT2D eigenvalue weighted by molar-refractivity contribution is 7.10. The molecule has 0 aliphatic carbocycles. The molecule has 1 aromatic carbocycles. The van der Waals surface area contributed by atoms with Crippen molar-refractivity contribution in [1.29, 1.82) is 0 Å². The molecule has 0 unspecified atom stereocenters. The summed E-state index contributed by atoms with van der Waals surface area (Å²) in [4.78, 5) is 1.53. The maximum Gasteiger partial charge on any atom is 0.0488 e. The molecule has 2 heteroatoms. The fourth-order valence-corrected chi connectivity index (χ4v) is 3.51. The number of aryl methyl sites for hydroxylation is 1. The number of hydrogen-bond donors (Lipinski definition) is 0. The predicted molar refractivity (Wildman–Crippen MR) is 96.8 cm³/mol. The zero-order valence-electron chi connectivity index (χ0n) is 13.9. The first-order valence-electron chi connectivity index (χ1n) is 8.42. The number of ether oxygens (including phenoxy) is 1. The van der Waals surface area contributed by atoms with Crippen molar-refractivity contribution in [2.75, 3.05) is 13.2 Å². The predicted octanol–water partition coefficient (Wildman–Crippen LogP) is 5.72. The smallest absolute Gasteiger partial charge is 0.0488 e. The second-order valence-corrected chi connectivity index (χ2v) is 7.31. The van der Waals surface area contributed by atoms with Crippen molar-refractivity contribution in [1.82, 2.24) is 0 Å². The molecule has 0 saturated heterocycles. The van der Waals surface area contributed by atoms with Gasteiger partial charge in [0.2, 0.25) is 0 Å². The Kier molecular flexibility index (Phi) is 7.68. The van der Waals surface area contributed by atoms with Gasteiger partial charge in [-0.1, -0.05) is 50.6 Å². The fraction of sp³-hybridized carbons (Fsp3) is 0.500. The maximum absolute atomic E-state index is 5.64. The molecule has 0 aliphatic heterocycles. The molecule has 0 aliphatic rings. The summed E-state index contributed by atoms with van der Waals surface area (Å²) in [5.74, 6) is 0.645. The Labute approximate surface area is 139 Å².